The first kappa shape index (κ1) is 13.8. The van der Waals surface area contributed by atoms with Gasteiger partial charge in [0.1, 0.15) is 5.82 Å². The van der Waals surface area contributed by atoms with E-state index in [-0.39, 0.29) is 11.9 Å². The number of nitrogens with one attached hydrogen (secondary N) is 1. The molecule has 0 aromatic heterocycles. The Morgan fingerprint density at radius 1 is 1.39 bits per heavy atom. The summed E-state index contributed by atoms with van der Waals surface area (Å²) in [5, 5.41) is 0.488. The summed E-state index contributed by atoms with van der Waals surface area (Å²) in [7, 11) is 0. The molecule has 2 nitrogen and oxygen atoms in total. The zero-order valence-electron chi connectivity index (χ0n) is 10.5. The molecule has 0 bridgehead atoms. The van der Waals surface area contributed by atoms with Gasteiger partial charge in [0.25, 0.3) is 0 Å². The maximum atomic E-state index is 13.7. The monoisotopic (exact) mass is 270 g/mol. The lowest BCUT2D eigenvalue weighted by atomic mass is 9.94. The average molecular weight is 271 g/mol. The Kier molecular flexibility index (Phi) is 4.98. The molecule has 0 aliphatic heterocycles. The molecule has 1 fully saturated rings. The van der Waals surface area contributed by atoms with Crippen molar-refractivity contribution in [3.05, 3.63) is 34.6 Å². The van der Waals surface area contributed by atoms with E-state index in [4.69, 9.17) is 17.4 Å². The van der Waals surface area contributed by atoms with Crippen LogP contribution < -0.4 is 11.3 Å². The van der Waals surface area contributed by atoms with Gasteiger partial charge in [-0.3, -0.25) is 11.3 Å². The molecule has 1 unspecified atom stereocenters. The van der Waals surface area contributed by atoms with Gasteiger partial charge in [0.15, 0.2) is 0 Å². The lowest BCUT2D eigenvalue weighted by Gasteiger charge is -2.20. The first-order chi connectivity index (χ1) is 8.70. The van der Waals surface area contributed by atoms with Gasteiger partial charge >= 0.3 is 0 Å². The summed E-state index contributed by atoms with van der Waals surface area (Å²) in [6.07, 6.45) is 6.71. The quantitative estimate of drug-likeness (QED) is 0.635. The van der Waals surface area contributed by atoms with Crippen molar-refractivity contribution in [1.29, 1.82) is 0 Å². The molecule has 1 aromatic rings. The zero-order valence-corrected chi connectivity index (χ0v) is 11.2. The number of rotatable bonds is 5. The Balaban J connectivity index is 2.00. The third-order valence-electron chi connectivity index (χ3n) is 3.84. The summed E-state index contributed by atoms with van der Waals surface area (Å²) < 4.78 is 13.7. The highest BCUT2D eigenvalue weighted by atomic mass is 35.5. The van der Waals surface area contributed by atoms with Gasteiger partial charge in [-0.1, -0.05) is 43.4 Å². The molecule has 2 rings (SSSR count). The summed E-state index contributed by atoms with van der Waals surface area (Å²) in [6, 6.07) is 4.90. The molecule has 1 aliphatic carbocycles. The van der Waals surface area contributed by atoms with Crippen molar-refractivity contribution in [2.45, 2.75) is 44.6 Å². The van der Waals surface area contributed by atoms with Gasteiger partial charge in [-0.05, 0) is 30.9 Å². The minimum absolute atomic E-state index is 0.0995. The van der Waals surface area contributed by atoms with Crippen LogP contribution >= 0.6 is 11.6 Å². The molecule has 1 aliphatic rings. The van der Waals surface area contributed by atoms with Crippen molar-refractivity contribution in [3.63, 3.8) is 0 Å². The Morgan fingerprint density at radius 3 is 2.72 bits per heavy atom. The Labute approximate surface area is 113 Å². The largest absolute Gasteiger partial charge is 0.271 e. The first-order valence-electron chi connectivity index (χ1n) is 6.59. The molecule has 100 valence electrons. The summed E-state index contributed by atoms with van der Waals surface area (Å²) in [5.74, 6) is 6.06. The molecule has 0 amide bonds. The lowest BCUT2D eigenvalue weighted by Crippen LogP contribution is -2.38. The van der Waals surface area contributed by atoms with Crippen LogP contribution in [0.2, 0.25) is 5.02 Å². The third kappa shape index (κ3) is 3.44. The fourth-order valence-corrected chi connectivity index (χ4v) is 3.07. The number of halogens is 2. The first-order valence-corrected chi connectivity index (χ1v) is 6.97. The predicted molar refractivity (Wildman–Crippen MR) is 72.8 cm³/mol. The highest BCUT2D eigenvalue weighted by Gasteiger charge is 2.21. The molecule has 0 heterocycles. The van der Waals surface area contributed by atoms with Crippen LogP contribution in [0.25, 0.3) is 0 Å². The molecule has 0 saturated heterocycles. The summed E-state index contributed by atoms with van der Waals surface area (Å²) >= 11 is 6.04. The Morgan fingerprint density at radius 2 is 2.11 bits per heavy atom. The number of hydrogen-bond acceptors (Lipinski definition) is 2. The molecule has 4 heteroatoms. The number of benzene rings is 1. The second kappa shape index (κ2) is 6.50. The molecule has 1 atom stereocenters. The third-order valence-corrected chi connectivity index (χ3v) is 4.19. The van der Waals surface area contributed by atoms with Crippen molar-refractivity contribution < 1.29 is 4.39 Å². The fourth-order valence-electron chi connectivity index (χ4n) is 2.83. The van der Waals surface area contributed by atoms with Crippen molar-refractivity contribution in [3.8, 4) is 0 Å². The second-order valence-electron chi connectivity index (χ2n) is 5.15. The minimum atomic E-state index is -0.242. The maximum Gasteiger partial charge on any atom is 0.127 e. The van der Waals surface area contributed by atoms with Crippen LogP contribution in [-0.2, 0) is 6.42 Å². The van der Waals surface area contributed by atoms with Crippen LogP contribution in [0.4, 0.5) is 4.39 Å². The maximum absolute atomic E-state index is 13.7. The average Bonchev–Trinajstić information content (AvgIpc) is 2.85. The van der Waals surface area contributed by atoms with E-state index in [0.29, 0.717) is 17.0 Å². The van der Waals surface area contributed by atoms with Crippen molar-refractivity contribution in [1.82, 2.24) is 5.43 Å². The van der Waals surface area contributed by atoms with E-state index < -0.39 is 0 Å². The number of nitrogens with two attached hydrogens (primary N) is 1. The van der Waals surface area contributed by atoms with Gasteiger partial charge in [-0.2, -0.15) is 0 Å². The topological polar surface area (TPSA) is 38.0 Å². The number of hydrazine groups is 1. The standard InChI is InChI=1S/C14H20ClFN2/c15-13-6-3-7-14(16)12(13)9-11(18-17)8-10-4-1-2-5-10/h3,6-7,10-11,18H,1-2,4-5,8-9,17H2. The van der Waals surface area contributed by atoms with Crippen LogP contribution in [0.3, 0.4) is 0 Å². The molecular formula is C14H20ClFN2. The van der Waals surface area contributed by atoms with E-state index >= 15 is 0 Å². The van der Waals surface area contributed by atoms with Crippen molar-refractivity contribution >= 4 is 11.6 Å². The van der Waals surface area contributed by atoms with Crippen LogP contribution in [-0.4, -0.2) is 6.04 Å². The van der Waals surface area contributed by atoms with E-state index in [1.807, 2.05) is 0 Å². The van der Waals surface area contributed by atoms with E-state index in [0.717, 1.165) is 12.3 Å². The highest BCUT2D eigenvalue weighted by molar-refractivity contribution is 6.31. The molecule has 0 radical (unpaired) electrons. The predicted octanol–water partition coefficient (Wildman–Crippen LogP) is 3.43. The molecule has 1 saturated carbocycles. The second-order valence-corrected chi connectivity index (χ2v) is 5.56. The van der Waals surface area contributed by atoms with E-state index in [1.54, 1.807) is 12.1 Å². The van der Waals surface area contributed by atoms with E-state index in [1.165, 1.54) is 31.7 Å². The van der Waals surface area contributed by atoms with Gasteiger partial charge in [0.05, 0.1) is 0 Å². The molecule has 0 spiro atoms. The lowest BCUT2D eigenvalue weighted by molar-refractivity contribution is 0.386. The smallest absolute Gasteiger partial charge is 0.127 e. The Bertz CT molecular complexity index is 371. The van der Waals surface area contributed by atoms with Crippen LogP contribution in [0.15, 0.2) is 18.2 Å². The van der Waals surface area contributed by atoms with Gasteiger partial charge in [0.2, 0.25) is 0 Å². The summed E-state index contributed by atoms with van der Waals surface area (Å²) in [5.41, 5.74) is 3.38. The molecule has 3 N–H and O–H groups in total. The Hall–Kier alpha value is -0.640. The highest BCUT2D eigenvalue weighted by Crippen LogP contribution is 2.30. The van der Waals surface area contributed by atoms with Crippen molar-refractivity contribution in [2.75, 3.05) is 0 Å². The van der Waals surface area contributed by atoms with Crippen LogP contribution in [0, 0.1) is 11.7 Å². The zero-order chi connectivity index (χ0) is 13.0. The normalized spacial score (nSPS) is 18.2. The van der Waals surface area contributed by atoms with Crippen LogP contribution in [0.1, 0.15) is 37.7 Å². The van der Waals surface area contributed by atoms with Gasteiger partial charge < -0.3 is 0 Å². The van der Waals surface area contributed by atoms with Crippen LogP contribution in [0.5, 0.6) is 0 Å². The van der Waals surface area contributed by atoms with E-state index in [9.17, 15) is 4.39 Å². The van der Waals surface area contributed by atoms with Crippen molar-refractivity contribution in [2.24, 2.45) is 11.8 Å². The van der Waals surface area contributed by atoms with E-state index in [2.05, 4.69) is 5.43 Å². The number of hydrogen-bond donors (Lipinski definition) is 2. The minimum Gasteiger partial charge on any atom is -0.271 e. The fraction of sp³-hybridized carbons (Fsp3) is 0.571. The molecule has 18 heavy (non-hydrogen) atoms. The molecule has 1 aromatic carbocycles. The SMILES string of the molecule is NNC(Cc1c(F)cccc1Cl)CC1CCCC1. The summed E-state index contributed by atoms with van der Waals surface area (Å²) in [6.45, 7) is 0. The van der Waals surface area contributed by atoms with Gasteiger partial charge in [-0.25, -0.2) is 4.39 Å². The molecular weight excluding hydrogens is 251 g/mol. The van der Waals surface area contributed by atoms with Gasteiger partial charge in [-0.15, -0.1) is 0 Å². The van der Waals surface area contributed by atoms with Gasteiger partial charge in [0, 0.05) is 16.6 Å². The summed E-state index contributed by atoms with van der Waals surface area (Å²) in [4.78, 5) is 0.